The predicted octanol–water partition coefficient (Wildman–Crippen LogP) is 5.03. The molecule has 4 aromatic rings. The number of hydrogen-bond donors (Lipinski definition) is 4. The van der Waals surface area contributed by atoms with Crippen LogP contribution in [0, 0.1) is 0 Å². The van der Waals surface area contributed by atoms with Gasteiger partial charge in [0, 0.05) is 43.5 Å². The lowest BCUT2D eigenvalue weighted by molar-refractivity contribution is -0.192. The minimum atomic E-state index is -5.08. The van der Waals surface area contributed by atoms with Gasteiger partial charge in [0.15, 0.2) is 21.3 Å². The lowest BCUT2D eigenvalue weighted by Crippen LogP contribution is -2.35. The van der Waals surface area contributed by atoms with Crippen LogP contribution >= 0.6 is 0 Å². The summed E-state index contributed by atoms with van der Waals surface area (Å²) in [6.45, 7) is 2.88. The average Bonchev–Trinajstić information content (AvgIpc) is 3.06. The summed E-state index contributed by atoms with van der Waals surface area (Å²) in [6, 6.07) is 16.2. The summed E-state index contributed by atoms with van der Waals surface area (Å²) >= 11 is 0. The normalized spacial score (nSPS) is 11.8. The number of rotatable bonds is 11. The van der Waals surface area contributed by atoms with Crippen molar-refractivity contribution in [3.63, 3.8) is 0 Å². The number of fused-ring (bicyclic) bond motifs is 1. The van der Waals surface area contributed by atoms with E-state index in [0.717, 1.165) is 10.8 Å². The number of halogens is 3. The topological polar surface area (TPSA) is 190 Å². The third-order valence-electron chi connectivity index (χ3n) is 7.22. The van der Waals surface area contributed by atoms with E-state index in [1.54, 1.807) is 44.4 Å². The Hall–Kier alpha value is -5.58. The number of amides is 2. The summed E-state index contributed by atoms with van der Waals surface area (Å²) in [6.07, 6.45) is -3.47. The van der Waals surface area contributed by atoms with Gasteiger partial charge in [-0.15, -0.1) is 0 Å². The zero-order valence-corrected chi connectivity index (χ0v) is 28.5. The number of anilines is 3. The van der Waals surface area contributed by atoms with Crippen LogP contribution in [0.3, 0.4) is 0 Å². The number of benzene rings is 3. The van der Waals surface area contributed by atoms with E-state index in [1.165, 1.54) is 38.2 Å². The van der Waals surface area contributed by atoms with Gasteiger partial charge in [0.2, 0.25) is 11.8 Å². The Labute approximate surface area is 286 Å². The standard InChI is InChI=1S/C31H35N5O6S.C2HF3O2/c1-6-43(39,40)28-12-9-23(34-19(2)37)16-22(28)18-36(3)31(38)29(21-7-11-26(41-4)27(17-21)42-5)35-24-8-10-25-20(15-24)13-14-33-30(25)32;3-2(4,5)1(6)7/h7-17,29,35H,6,18H2,1-5H3,(H2,32,33)(H,34,37);(H,6,7). The number of nitrogens with zero attached hydrogens (tertiary/aromatic N) is 2. The van der Waals surface area contributed by atoms with Crippen molar-refractivity contribution in [2.75, 3.05) is 43.4 Å². The number of carbonyl (C=O) groups excluding carboxylic acids is 2. The van der Waals surface area contributed by atoms with Crippen LogP contribution in [0.25, 0.3) is 10.8 Å². The molecule has 50 heavy (non-hydrogen) atoms. The Bertz CT molecular complexity index is 1990. The van der Waals surface area contributed by atoms with Gasteiger partial charge >= 0.3 is 12.1 Å². The van der Waals surface area contributed by atoms with Crippen molar-refractivity contribution in [3.05, 3.63) is 78.0 Å². The summed E-state index contributed by atoms with van der Waals surface area (Å²) in [7, 11) is 1.01. The van der Waals surface area contributed by atoms with Gasteiger partial charge in [-0.25, -0.2) is 18.2 Å². The molecule has 1 unspecified atom stereocenters. The number of pyridine rings is 1. The lowest BCUT2D eigenvalue weighted by atomic mass is 10.0. The molecule has 0 saturated carbocycles. The van der Waals surface area contributed by atoms with Crippen LogP contribution in [0.5, 0.6) is 11.5 Å². The molecule has 0 saturated heterocycles. The highest BCUT2D eigenvalue weighted by Crippen LogP contribution is 2.33. The quantitative estimate of drug-likeness (QED) is 0.163. The molecule has 268 valence electrons. The lowest BCUT2D eigenvalue weighted by Gasteiger charge is -2.27. The second-order valence-corrected chi connectivity index (χ2v) is 13.0. The summed E-state index contributed by atoms with van der Waals surface area (Å²) in [5.41, 5.74) is 8.08. The van der Waals surface area contributed by atoms with Crippen LogP contribution in [0.4, 0.5) is 30.4 Å². The molecule has 0 aliphatic rings. The molecule has 0 aliphatic carbocycles. The van der Waals surface area contributed by atoms with Gasteiger partial charge in [-0.05, 0) is 71.1 Å². The molecule has 3 aromatic carbocycles. The van der Waals surface area contributed by atoms with Crippen LogP contribution in [0.2, 0.25) is 0 Å². The molecule has 5 N–H and O–H groups in total. The Morgan fingerprint density at radius 1 is 0.980 bits per heavy atom. The van der Waals surface area contributed by atoms with E-state index in [-0.39, 0.29) is 29.0 Å². The highest BCUT2D eigenvalue weighted by atomic mass is 32.2. The molecule has 13 nitrogen and oxygen atoms in total. The predicted molar refractivity (Wildman–Crippen MR) is 181 cm³/mol. The molecule has 2 amide bonds. The zero-order chi connectivity index (χ0) is 37.4. The molecule has 4 rings (SSSR count). The number of hydrogen-bond acceptors (Lipinski definition) is 10. The highest BCUT2D eigenvalue weighted by molar-refractivity contribution is 7.91. The van der Waals surface area contributed by atoms with Gasteiger partial charge in [-0.2, -0.15) is 13.2 Å². The van der Waals surface area contributed by atoms with Crippen LogP contribution in [-0.2, 0) is 30.8 Å². The number of likely N-dealkylation sites (N-methyl/N-ethyl adjacent to an activating group) is 1. The second-order valence-electron chi connectivity index (χ2n) is 10.7. The first-order valence-electron chi connectivity index (χ1n) is 14.7. The SMILES string of the molecule is CCS(=O)(=O)c1ccc(NC(C)=O)cc1CN(C)C(=O)C(Nc1ccc2c(N)nccc2c1)c1ccc(OC)c(OC)c1.O=C(O)C(F)(F)F. The molecular weight excluding hydrogens is 683 g/mol. The van der Waals surface area contributed by atoms with E-state index >= 15 is 0 Å². The van der Waals surface area contributed by atoms with Crippen molar-refractivity contribution < 1.29 is 50.6 Å². The third kappa shape index (κ3) is 9.74. The van der Waals surface area contributed by atoms with Crippen molar-refractivity contribution in [3.8, 4) is 11.5 Å². The van der Waals surface area contributed by atoms with Crippen molar-refractivity contribution in [1.82, 2.24) is 9.88 Å². The number of nitrogens with one attached hydrogen (secondary N) is 2. The first-order valence-corrected chi connectivity index (χ1v) is 16.4. The number of nitrogens with two attached hydrogens (primary N) is 1. The summed E-state index contributed by atoms with van der Waals surface area (Å²) in [5, 5.41) is 14.8. The van der Waals surface area contributed by atoms with Gasteiger partial charge in [0.05, 0.1) is 24.9 Å². The van der Waals surface area contributed by atoms with E-state index in [4.69, 9.17) is 25.1 Å². The Morgan fingerprint density at radius 3 is 2.20 bits per heavy atom. The fourth-order valence-corrected chi connectivity index (χ4v) is 5.88. The van der Waals surface area contributed by atoms with Gasteiger partial charge in [0.25, 0.3) is 0 Å². The van der Waals surface area contributed by atoms with Gasteiger partial charge in [-0.1, -0.05) is 13.0 Å². The minimum Gasteiger partial charge on any atom is -0.493 e. The van der Waals surface area contributed by atoms with E-state index in [0.29, 0.717) is 39.8 Å². The molecule has 0 bridgehead atoms. The Morgan fingerprint density at radius 2 is 1.62 bits per heavy atom. The second kappa shape index (κ2) is 16.2. The maximum atomic E-state index is 14.2. The van der Waals surface area contributed by atoms with Crippen LogP contribution < -0.4 is 25.8 Å². The molecule has 17 heteroatoms. The molecular formula is C33H36F3N5O8S. The van der Waals surface area contributed by atoms with Crippen molar-refractivity contribution in [1.29, 1.82) is 0 Å². The van der Waals surface area contributed by atoms with Crippen molar-refractivity contribution in [2.24, 2.45) is 0 Å². The number of ether oxygens (including phenoxy) is 2. The molecule has 1 heterocycles. The fraction of sp³-hybridized carbons (Fsp3) is 0.273. The first kappa shape index (κ1) is 38.9. The Balaban J connectivity index is 0.000000872. The van der Waals surface area contributed by atoms with Crippen LogP contribution in [-0.4, -0.2) is 74.4 Å². The number of nitrogen functional groups attached to an aromatic ring is 1. The molecule has 0 spiro atoms. The van der Waals surface area contributed by atoms with Crippen molar-refractivity contribution in [2.45, 2.75) is 37.5 Å². The number of aromatic nitrogens is 1. The van der Waals surface area contributed by atoms with Crippen molar-refractivity contribution >= 4 is 55.6 Å². The number of carbonyl (C=O) groups is 3. The zero-order valence-electron chi connectivity index (χ0n) is 27.7. The summed E-state index contributed by atoms with van der Waals surface area (Å²) in [4.78, 5) is 40.4. The van der Waals surface area contributed by atoms with E-state index in [1.807, 2.05) is 24.3 Å². The molecule has 0 radical (unpaired) electrons. The van der Waals surface area contributed by atoms with Crippen LogP contribution in [0.15, 0.2) is 71.8 Å². The Kier molecular flexibility index (Phi) is 12.6. The number of aliphatic carboxylic acids is 1. The third-order valence-corrected chi connectivity index (χ3v) is 9.04. The maximum Gasteiger partial charge on any atom is 0.490 e. The van der Waals surface area contributed by atoms with Gasteiger partial charge < -0.3 is 35.8 Å². The number of alkyl halides is 3. The molecule has 0 fully saturated rings. The molecule has 0 aliphatic heterocycles. The fourth-order valence-electron chi connectivity index (χ4n) is 4.77. The van der Waals surface area contributed by atoms with E-state index in [9.17, 15) is 31.2 Å². The number of methoxy groups -OCH3 is 2. The number of carboxylic acids is 1. The summed E-state index contributed by atoms with van der Waals surface area (Å²) in [5.74, 6) is -2.17. The van der Waals surface area contributed by atoms with Crippen LogP contribution in [0.1, 0.15) is 31.0 Å². The first-order chi connectivity index (χ1) is 23.4. The summed E-state index contributed by atoms with van der Waals surface area (Å²) < 4.78 is 68.5. The highest BCUT2D eigenvalue weighted by Gasteiger charge is 2.38. The minimum absolute atomic E-state index is 0.0355. The number of carboxylic acid groups (broad SMARTS) is 1. The van der Waals surface area contributed by atoms with E-state index < -0.39 is 28.0 Å². The molecule has 1 aromatic heterocycles. The van der Waals surface area contributed by atoms with Gasteiger partial charge in [0.1, 0.15) is 11.9 Å². The number of sulfone groups is 1. The largest absolute Gasteiger partial charge is 0.493 e. The smallest absolute Gasteiger partial charge is 0.490 e. The maximum absolute atomic E-state index is 14.2. The average molecular weight is 720 g/mol. The van der Waals surface area contributed by atoms with E-state index in [2.05, 4.69) is 15.6 Å². The van der Waals surface area contributed by atoms with Gasteiger partial charge in [-0.3, -0.25) is 9.59 Å². The monoisotopic (exact) mass is 719 g/mol. The molecule has 1 atom stereocenters.